The molecule has 3 aromatic rings. The van der Waals surface area contributed by atoms with Crippen LogP contribution >= 0.6 is 11.8 Å². The number of aromatic amines is 1. The number of nitriles is 1. The van der Waals surface area contributed by atoms with E-state index >= 15 is 0 Å². The van der Waals surface area contributed by atoms with Crippen LogP contribution in [0.3, 0.4) is 0 Å². The van der Waals surface area contributed by atoms with Gasteiger partial charge in [0.15, 0.2) is 16.8 Å². The number of nitrogens with one attached hydrogen (secondary N) is 1. The van der Waals surface area contributed by atoms with Crippen molar-refractivity contribution in [3.8, 4) is 17.5 Å². The van der Waals surface area contributed by atoms with E-state index in [4.69, 9.17) is 11.0 Å². The number of allylic oxidation sites excluding steroid dienone is 2. The number of benzene rings is 1. The molecule has 2 aromatic heterocycles. The van der Waals surface area contributed by atoms with Gasteiger partial charge in [0.2, 0.25) is 0 Å². The van der Waals surface area contributed by atoms with Crippen LogP contribution in [0.1, 0.15) is 39.5 Å². The number of hydrogen-bond acceptors (Lipinski definition) is 6. The monoisotopic (exact) mass is 422 g/mol. The molecule has 0 radical (unpaired) electrons. The van der Waals surface area contributed by atoms with E-state index < -0.39 is 0 Å². The molecule has 1 aromatic carbocycles. The highest BCUT2D eigenvalue weighted by Crippen LogP contribution is 2.30. The highest BCUT2D eigenvalue weighted by molar-refractivity contribution is 7.99. The molecule has 7 nitrogen and oxygen atoms in total. The van der Waals surface area contributed by atoms with Crippen LogP contribution < -0.4 is 5.73 Å². The second kappa shape index (κ2) is 10.1. The lowest BCUT2D eigenvalue weighted by Crippen LogP contribution is -2.11. The molecule has 0 saturated heterocycles. The number of Topliss-reactive ketones (excluding diaryl/α,β-unsaturated/α-hetero) is 1. The lowest BCUT2D eigenvalue weighted by atomic mass is 10.1. The fraction of sp³-hybridized carbons (Fsp3) is 0.364. The SMILES string of the molecule is CCCCCCn1c(SCC(=O)/C(C#N)=C(/C)N)nnc1-c1c[nH]c2ccccc12. The topological polar surface area (TPSA) is 113 Å². The molecule has 0 spiro atoms. The van der Waals surface area contributed by atoms with Crippen molar-refractivity contribution in [1.82, 2.24) is 19.7 Å². The Morgan fingerprint density at radius 1 is 1.27 bits per heavy atom. The number of thioether (sulfide) groups is 1. The third-order valence-electron chi connectivity index (χ3n) is 4.90. The van der Waals surface area contributed by atoms with Gasteiger partial charge in [-0.1, -0.05) is 56.1 Å². The quantitative estimate of drug-likeness (QED) is 0.216. The first-order valence-electron chi connectivity index (χ1n) is 10.1. The predicted octanol–water partition coefficient (Wildman–Crippen LogP) is 4.42. The summed E-state index contributed by atoms with van der Waals surface area (Å²) in [6, 6.07) is 9.97. The molecular weight excluding hydrogens is 396 g/mol. The molecular formula is C22H26N6OS. The van der Waals surface area contributed by atoms with E-state index in [0.29, 0.717) is 5.16 Å². The Balaban J connectivity index is 1.89. The largest absolute Gasteiger partial charge is 0.401 e. The number of ketones is 1. The maximum Gasteiger partial charge on any atom is 0.191 e. The van der Waals surface area contributed by atoms with Crippen molar-refractivity contribution in [2.75, 3.05) is 5.75 Å². The van der Waals surface area contributed by atoms with E-state index in [0.717, 1.165) is 48.1 Å². The van der Waals surface area contributed by atoms with Crippen LogP contribution in [0.2, 0.25) is 0 Å². The van der Waals surface area contributed by atoms with Crippen molar-refractivity contribution in [2.45, 2.75) is 51.2 Å². The van der Waals surface area contributed by atoms with Crippen LogP contribution in [0, 0.1) is 11.3 Å². The number of carbonyl (C=O) groups is 1. The number of para-hydroxylation sites is 1. The first-order chi connectivity index (χ1) is 14.6. The molecule has 0 fully saturated rings. The number of H-pyrrole nitrogens is 1. The molecule has 0 atom stereocenters. The second-order valence-electron chi connectivity index (χ2n) is 7.15. The Kier molecular flexibility index (Phi) is 7.31. The van der Waals surface area contributed by atoms with Gasteiger partial charge in [-0.3, -0.25) is 4.79 Å². The van der Waals surface area contributed by atoms with Crippen LogP contribution in [-0.2, 0) is 11.3 Å². The molecule has 3 N–H and O–H groups in total. The third-order valence-corrected chi connectivity index (χ3v) is 5.87. The normalized spacial score (nSPS) is 12.0. The summed E-state index contributed by atoms with van der Waals surface area (Å²) in [7, 11) is 0. The van der Waals surface area contributed by atoms with Gasteiger partial charge in [0.25, 0.3) is 0 Å². The predicted molar refractivity (Wildman–Crippen MR) is 120 cm³/mol. The van der Waals surface area contributed by atoms with Gasteiger partial charge in [-0.25, -0.2) is 0 Å². The summed E-state index contributed by atoms with van der Waals surface area (Å²) >= 11 is 1.29. The Hall–Kier alpha value is -3.05. The van der Waals surface area contributed by atoms with Gasteiger partial charge in [-0.05, 0) is 19.4 Å². The van der Waals surface area contributed by atoms with Crippen molar-refractivity contribution in [1.29, 1.82) is 5.26 Å². The highest BCUT2D eigenvalue weighted by atomic mass is 32.2. The van der Waals surface area contributed by atoms with Crippen LogP contribution in [0.4, 0.5) is 0 Å². The van der Waals surface area contributed by atoms with E-state index in [1.807, 2.05) is 30.5 Å². The molecule has 3 rings (SSSR count). The fourth-order valence-electron chi connectivity index (χ4n) is 3.32. The fourth-order valence-corrected chi connectivity index (χ4v) is 4.16. The van der Waals surface area contributed by atoms with Crippen LogP contribution in [-0.4, -0.2) is 31.3 Å². The number of rotatable bonds is 10. The zero-order valence-electron chi connectivity index (χ0n) is 17.3. The summed E-state index contributed by atoms with van der Waals surface area (Å²) in [4.78, 5) is 15.7. The van der Waals surface area contributed by atoms with E-state index in [-0.39, 0.29) is 22.8 Å². The molecule has 0 saturated carbocycles. The zero-order chi connectivity index (χ0) is 21.5. The molecule has 0 aliphatic carbocycles. The highest BCUT2D eigenvalue weighted by Gasteiger charge is 2.19. The molecule has 0 amide bonds. The van der Waals surface area contributed by atoms with Gasteiger partial charge >= 0.3 is 0 Å². The van der Waals surface area contributed by atoms with E-state index in [2.05, 4.69) is 32.7 Å². The van der Waals surface area contributed by atoms with Gasteiger partial charge in [-0.2, -0.15) is 5.26 Å². The van der Waals surface area contributed by atoms with Gasteiger partial charge in [0.1, 0.15) is 11.6 Å². The second-order valence-corrected chi connectivity index (χ2v) is 8.09. The summed E-state index contributed by atoms with van der Waals surface area (Å²) in [5.41, 5.74) is 7.93. The van der Waals surface area contributed by atoms with Crippen molar-refractivity contribution in [2.24, 2.45) is 5.73 Å². The average Bonchev–Trinajstić information content (AvgIpc) is 3.33. The lowest BCUT2D eigenvalue weighted by Gasteiger charge is -2.10. The molecule has 0 bridgehead atoms. The Morgan fingerprint density at radius 3 is 2.80 bits per heavy atom. The Labute approximate surface area is 180 Å². The lowest BCUT2D eigenvalue weighted by molar-refractivity contribution is -0.112. The molecule has 2 heterocycles. The minimum atomic E-state index is -0.295. The molecule has 0 aliphatic rings. The van der Waals surface area contributed by atoms with Crippen molar-refractivity contribution in [3.05, 3.63) is 41.7 Å². The maximum absolute atomic E-state index is 12.4. The summed E-state index contributed by atoms with van der Waals surface area (Å²) in [5.74, 6) is 0.583. The first-order valence-corrected chi connectivity index (χ1v) is 11.1. The summed E-state index contributed by atoms with van der Waals surface area (Å²) in [5, 5.41) is 19.7. The van der Waals surface area contributed by atoms with E-state index in [1.165, 1.54) is 18.2 Å². The minimum absolute atomic E-state index is 0.00774. The van der Waals surface area contributed by atoms with Crippen molar-refractivity contribution in [3.63, 3.8) is 0 Å². The number of aromatic nitrogens is 4. The number of carbonyl (C=O) groups excluding carboxylic acids is 1. The Bertz CT molecular complexity index is 1100. The standard InChI is InChI=1S/C22H26N6OS/c1-3-4-5-8-11-28-21(18-13-25-19-10-7-6-9-16(18)19)26-27-22(28)30-14-20(29)17(12-23)15(2)24/h6-7,9-10,13,25H,3-5,8,11,14,24H2,1-2H3/b17-15-. The average molecular weight is 423 g/mol. The molecule has 156 valence electrons. The number of hydrogen-bond donors (Lipinski definition) is 2. The number of fused-ring (bicyclic) bond motifs is 1. The van der Waals surface area contributed by atoms with Gasteiger partial charge in [0.05, 0.1) is 5.75 Å². The van der Waals surface area contributed by atoms with Gasteiger partial charge < -0.3 is 15.3 Å². The van der Waals surface area contributed by atoms with Crippen molar-refractivity contribution < 1.29 is 4.79 Å². The first kappa shape index (κ1) is 21.7. The molecule has 8 heteroatoms. The van der Waals surface area contributed by atoms with Crippen LogP contribution in [0.15, 0.2) is 46.9 Å². The maximum atomic E-state index is 12.4. The molecule has 0 unspecified atom stereocenters. The summed E-state index contributed by atoms with van der Waals surface area (Å²) in [6.07, 6.45) is 6.42. The van der Waals surface area contributed by atoms with Crippen LogP contribution in [0.25, 0.3) is 22.3 Å². The third kappa shape index (κ3) is 4.74. The molecule has 0 aliphatic heterocycles. The van der Waals surface area contributed by atoms with E-state index in [1.54, 1.807) is 6.92 Å². The minimum Gasteiger partial charge on any atom is -0.401 e. The number of nitrogens with two attached hydrogens (primary N) is 1. The summed E-state index contributed by atoms with van der Waals surface area (Å²) in [6.45, 7) is 4.52. The van der Waals surface area contributed by atoms with Crippen LogP contribution in [0.5, 0.6) is 0 Å². The number of nitrogens with zero attached hydrogens (tertiary/aromatic N) is 4. The summed E-state index contributed by atoms with van der Waals surface area (Å²) < 4.78 is 2.08. The number of unbranched alkanes of at least 4 members (excludes halogenated alkanes) is 3. The molecule has 30 heavy (non-hydrogen) atoms. The smallest absolute Gasteiger partial charge is 0.191 e. The van der Waals surface area contributed by atoms with E-state index in [9.17, 15) is 4.79 Å². The Morgan fingerprint density at radius 2 is 2.07 bits per heavy atom. The van der Waals surface area contributed by atoms with Crippen molar-refractivity contribution >= 4 is 28.4 Å². The van der Waals surface area contributed by atoms with Gasteiger partial charge in [-0.15, -0.1) is 10.2 Å². The zero-order valence-corrected chi connectivity index (χ0v) is 18.1. The van der Waals surface area contributed by atoms with Gasteiger partial charge in [0, 0.05) is 34.9 Å².